The van der Waals surface area contributed by atoms with Gasteiger partial charge in [0, 0.05) is 38.8 Å². The molecule has 0 aromatic heterocycles. The molecule has 7 nitrogen and oxygen atoms in total. The molecular formula is C25H36N4O3. The van der Waals surface area contributed by atoms with Crippen LogP contribution in [-0.4, -0.2) is 56.4 Å². The molecular weight excluding hydrogens is 404 g/mol. The Kier molecular flexibility index (Phi) is 8.76. The number of likely N-dealkylation sites (tertiary alicyclic amines) is 1. The lowest BCUT2D eigenvalue weighted by Gasteiger charge is -2.29. The predicted octanol–water partition coefficient (Wildman–Crippen LogP) is 3.09. The van der Waals surface area contributed by atoms with Gasteiger partial charge in [-0.3, -0.25) is 9.89 Å². The Bertz CT molecular complexity index is 877. The van der Waals surface area contributed by atoms with E-state index in [1.54, 1.807) is 21.3 Å². The van der Waals surface area contributed by atoms with Crippen LogP contribution in [0.15, 0.2) is 47.5 Å². The van der Waals surface area contributed by atoms with Crippen molar-refractivity contribution in [3.8, 4) is 11.5 Å². The molecule has 1 saturated heterocycles. The van der Waals surface area contributed by atoms with E-state index in [0.29, 0.717) is 6.54 Å². The average Bonchev–Trinajstić information content (AvgIpc) is 2.83. The lowest BCUT2D eigenvalue weighted by atomic mass is 10.1. The highest BCUT2D eigenvalue weighted by Crippen LogP contribution is 2.29. The van der Waals surface area contributed by atoms with Gasteiger partial charge in [0.2, 0.25) is 0 Å². The quantitative estimate of drug-likeness (QED) is 0.433. The summed E-state index contributed by atoms with van der Waals surface area (Å²) in [6, 6.07) is 14.4. The molecule has 174 valence electrons. The van der Waals surface area contributed by atoms with E-state index < -0.39 is 0 Å². The van der Waals surface area contributed by atoms with E-state index in [-0.39, 0.29) is 12.1 Å². The van der Waals surface area contributed by atoms with Crippen molar-refractivity contribution in [3.05, 3.63) is 59.2 Å². The van der Waals surface area contributed by atoms with Crippen LogP contribution in [0.3, 0.4) is 0 Å². The second kappa shape index (κ2) is 11.7. The zero-order valence-corrected chi connectivity index (χ0v) is 19.6. The van der Waals surface area contributed by atoms with E-state index in [0.717, 1.165) is 55.5 Å². The van der Waals surface area contributed by atoms with E-state index in [1.807, 2.05) is 18.2 Å². The lowest BCUT2D eigenvalue weighted by Crippen LogP contribution is -2.38. The van der Waals surface area contributed by atoms with Crippen LogP contribution < -0.4 is 20.1 Å². The van der Waals surface area contributed by atoms with Crippen LogP contribution in [0.4, 0.5) is 0 Å². The minimum atomic E-state index is -0.129. The number of rotatable bonds is 8. The van der Waals surface area contributed by atoms with Crippen LogP contribution in [0.25, 0.3) is 0 Å². The average molecular weight is 441 g/mol. The van der Waals surface area contributed by atoms with Crippen LogP contribution in [0.5, 0.6) is 11.5 Å². The van der Waals surface area contributed by atoms with Gasteiger partial charge in [-0.2, -0.15) is 0 Å². The molecule has 3 rings (SSSR count). The van der Waals surface area contributed by atoms with Gasteiger partial charge < -0.3 is 25.2 Å². The number of hydrogen-bond donors (Lipinski definition) is 3. The normalized spacial score (nSPS) is 16.5. The molecule has 7 heteroatoms. The molecule has 1 fully saturated rings. The number of methoxy groups -OCH3 is 2. The third-order valence-electron chi connectivity index (χ3n) is 5.93. The van der Waals surface area contributed by atoms with Gasteiger partial charge in [0.15, 0.2) is 5.96 Å². The molecule has 3 N–H and O–H groups in total. The predicted molar refractivity (Wildman–Crippen MR) is 128 cm³/mol. The summed E-state index contributed by atoms with van der Waals surface area (Å²) >= 11 is 0. The third-order valence-corrected chi connectivity index (χ3v) is 5.93. The fourth-order valence-corrected chi connectivity index (χ4v) is 3.94. The fraction of sp³-hybridized carbons (Fsp3) is 0.480. The number of aliphatic hydroxyl groups excluding tert-OH is 1. The first kappa shape index (κ1) is 23.9. The van der Waals surface area contributed by atoms with Gasteiger partial charge in [0.1, 0.15) is 11.5 Å². The maximum atomic E-state index is 9.66. The topological polar surface area (TPSA) is 78.4 Å². The number of hydrogen-bond acceptors (Lipinski definition) is 5. The SMILES string of the molecule is CN=C(NCc1ccc(CN2CCC(O)CC2)cc1)NC(C)c1cc(OC)ccc1OC. The van der Waals surface area contributed by atoms with Crippen LogP contribution in [0.1, 0.15) is 42.5 Å². The summed E-state index contributed by atoms with van der Waals surface area (Å²) in [5.74, 6) is 2.32. The number of nitrogens with zero attached hydrogens (tertiary/aromatic N) is 2. The number of aliphatic imine (C=N–C) groups is 1. The summed E-state index contributed by atoms with van der Waals surface area (Å²) in [7, 11) is 5.10. The zero-order valence-electron chi connectivity index (χ0n) is 19.6. The van der Waals surface area contributed by atoms with Crippen molar-refractivity contribution in [2.75, 3.05) is 34.4 Å². The van der Waals surface area contributed by atoms with Crippen LogP contribution >= 0.6 is 0 Å². The Labute approximate surface area is 191 Å². The molecule has 0 amide bonds. The van der Waals surface area contributed by atoms with Crippen LogP contribution in [-0.2, 0) is 13.1 Å². The molecule has 0 saturated carbocycles. The first-order valence-electron chi connectivity index (χ1n) is 11.2. The highest BCUT2D eigenvalue weighted by atomic mass is 16.5. The Morgan fingerprint density at radius 1 is 1.09 bits per heavy atom. The second-order valence-corrected chi connectivity index (χ2v) is 8.22. The molecule has 2 aromatic rings. The zero-order chi connectivity index (χ0) is 22.9. The standard InChI is InChI=1S/C25H36N4O3/c1-18(23-15-22(31-3)9-10-24(23)32-4)28-25(26-2)27-16-19-5-7-20(8-6-19)17-29-13-11-21(30)12-14-29/h5-10,15,18,21,30H,11-14,16-17H2,1-4H3,(H2,26,27,28). The molecule has 1 atom stereocenters. The van der Waals surface area contributed by atoms with E-state index in [9.17, 15) is 5.11 Å². The molecule has 1 aliphatic rings. The van der Waals surface area contributed by atoms with Gasteiger partial charge in [-0.1, -0.05) is 24.3 Å². The van der Waals surface area contributed by atoms with E-state index in [1.165, 1.54) is 11.1 Å². The Morgan fingerprint density at radius 2 is 1.78 bits per heavy atom. The molecule has 2 aromatic carbocycles. The van der Waals surface area contributed by atoms with Crippen molar-refractivity contribution in [2.45, 2.75) is 45.0 Å². The Morgan fingerprint density at radius 3 is 2.41 bits per heavy atom. The van der Waals surface area contributed by atoms with Crippen molar-refractivity contribution in [1.29, 1.82) is 0 Å². The Hall–Kier alpha value is -2.77. The first-order chi connectivity index (χ1) is 15.5. The van der Waals surface area contributed by atoms with E-state index in [4.69, 9.17) is 9.47 Å². The summed E-state index contributed by atoms with van der Waals surface area (Å²) in [6.45, 7) is 5.60. The molecule has 0 bridgehead atoms. The van der Waals surface area contributed by atoms with Crippen LogP contribution in [0, 0.1) is 0 Å². The molecule has 1 aliphatic heterocycles. The van der Waals surface area contributed by atoms with Gasteiger partial charge in [-0.05, 0) is 49.1 Å². The number of nitrogens with one attached hydrogen (secondary N) is 2. The van der Waals surface area contributed by atoms with Gasteiger partial charge in [-0.15, -0.1) is 0 Å². The van der Waals surface area contributed by atoms with E-state index >= 15 is 0 Å². The largest absolute Gasteiger partial charge is 0.497 e. The minimum Gasteiger partial charge on any atom is -0.497 e. The van der Waals surface area contributed by atoms with Gasteiger partial charge in [0.05, 0.1) is 26.4 Å². The minimum absolute atomic E-state index is 0.0170. The fourth-order valence-electron chi connectivity index (χ4n) is 3.94. The summed E-state index contributed by atoms with van der Waals surface area (Å²) < 4.78 is 10.9. The lowest BCUT2D eigenvalue weighted by molar-refractivity contribution is 0.0792. The smallest absolute Gasteiger partial charge is 0.191 e. The first-order valence-corrected chi connectivity index (χ1v) is 11.2. The summed E-state index contributed by atoms with van der Waals surface area (Å²) in [5, 5.41) is 16.5. The maximum absolute atomic E-state index is 9.66. The third kappa shape index (κ3) is 6.61. The molecule has 0 spiro atoms. The molecule has 1 unspecified atom stereocenters. The summed E-state index contributed by atoms with van der Waals surface area (Å²) in [5.41, 5.74) is 3.49. The number of benzene rings is 2. The molecule has 0 radical (unpaired) electrons. The number of ether oxygens (including phenoxy) is 2. The molecule has 0 aliphatic carbocycles. The summed E-state index contributed by atoms with van der Waals surface area (Å²) in [6.07, 6.45) is 1.61. The highest BCUT2D eigenvalue weighted by molar-refractivity contribution is 5.80. The molecule has 1 heterocycles. The monoisotopic (exact) mass is 440 g/mol. The van der Waals surface area contributed by atoms with Gasteiger partial charge in [0.25, 0.3) is 0 Å². The van der Waals surface area contributed by atoms with Gasteiger partial charge >= 0.3 is 0 Å². The van der Waals surface area contributed by atoms with Crippen molar-refractivity contribution in [3.63, 3.8) is 0 Å². The van der Waals surface area contributed by atoms with Crippen molar-refractivity contribution in [1.82, 2.24) is 15.5 Å². The van der Waals surface area contributed by atoms with Crippen molar-refractivity contribution >= 4 is 5.96 Å². The highest BCUT2D eigenvalue weighted by Gasteiger charge is 2.17. The van der Waals surface area contributed by atoms with Crippen molar-refractivity contribution < 1.29 is 14.6 Å². The number of piperidine rings is 1. The van der Waals surface area contributed by atoms with Crippen molar-refractivity contribution in [2.24, 2.45) is 4.99 Å². The maximum Gasteiger partial charge on any atom is 0.191 e. The second-order valence-electron chi connectivity index (χ2n) is 8.22. The Balaban J connectivity index is 1.53. The number of aliphatic hydroxyl groups is 1. The molecule has 32 heavy (non-hydrogen) atoms. The summed E-state index contributed by atoms with van der Waals surface area (Å²) in [4.78, 5) is 6.77. The number of guanidine groups is 1. The van der Waals surface area contributed by atoms with Crippen LogP contribution in [0.2, 0.25) is 0 Å². The van der Waals surface area contributed by atoms with E-state index in [2.05, 4.69) is 51.7 Å². The van der Waals surface area contributed by atoms with Gasteiger partial charge in [-0.25, -0.2) is 0 Å².